The summed E-state index contributed by atoms with van der Waals surface area (Å²) in [7, 11) is -4.67. The summed E-state index contributed by atoms with van der Waals surface area (Å²) in [6, 6.07) is 25.0. The molecule has 3 aromatic carbocycles. The van der Waals surface area contributed by atoms with Crippen LogP contribution in [0.1, 0.15) is 25.8 Å². The lowest BCUT2D eigenvalue weighted by Crippen LogP contribution is -2.37. The zero-order valence-electron chi connectivity index (χ0n) is 17.9. The molecule has 0 fully saturated rings. The van der Waals surface area contributed by atoms with Gasteiger partial charge >= 0.3 is 10.4 Å². The molecule has 0 bridgehead atoms. The molecule has 1 atom stereocenters. The molecule has 0 heterocycles. The second kappa shape index (κ2) is 13.1. The minimum Gasteiger partial charge on any atom is -0.408 e. The van der Waals surface area contributed by atoms with E-state index in [-0.39, 0.29) is 12.5 Å². The lowest BCUT2D eigenvalue weighted by molar-refractivity contribution is -0.156. The quantitative estimate of drug-likeness (QED) is 0.182. The van der Waals surface area contributed by atoms with E-state index >= 15 is 0 Å². The number of hydrogen-bond donors (Lipinski definition) is 6. The van der Waals surface area contributed by atoms with Crippen molar-refractivity contribution in [1.29, 1.82) is 0 Å². The first-order valence-corrected chi connectivity index (χ1v) is 11.2. The maximum absolute atomic E-state index is 8.74. The van der Waals surface area contributed by atoms with Crippen molar-refractivity contribution in [2.75, 3.05) is 0 Å². The van der Waals surface area contributed by atoms with Crippen LogP contribution >= 0.6 is 0 Å². The fourth-order valence-corrected chi connectivity index (χ4v) is 2.46. The summed E-state index contributed by atoms with van der Waals surface area (Å²) in [6.45, 7) is 3.71. The molecule has 0 aliphatic carbocycles. The van der Waals surface area contributed by atoms with E-state index in [1.54, 1.807) is 6.92 Å². The maximum Gasteiger partial charge on any atom is 0.394 e. The van der Waals surface area contributed by atoms with E-state index < -0.39 is 16.3 Å². The van der Waals surface area contributed by atoms with Gasteiger partial charge in [0.15, 0.2) is 5.75 Å². The Hall–Kier alpha value is -2.57. The van der Waals surface area contributed by atoms with Gasteiger partial charge in [0.05, 0.1) is 0 Å². The molecule has 0 aromatic heterocycles. The normalized spacial score (nSPS) is 12.1. The van der Waals surface area contributed by atoms with Gasteiger partial charge in [-0.2, -0.15) is 13.9 Å². The van der Waals surface area contributed by atoms with Crippen LogP contribution in [-0.2, 0) is 16.8 Å². The van der Waals surface area contributed by atoms with Gasteiger partial charge in [-0.25, -0.2) is 0 Å². The molecule has 0 saturated carbocycles. The number of hydroxylamine groups is 1. The summed E-state index contributed by atoms with van der Waals surface area (Å²) < 4.78 is 31.6. The summed E-state index contributed by atoms with van der Waals surface area (Å²) >= 11 is 0. The third-order valence-corrected chi connectivity index (χ3v) is 4.02. The molecule has 10 heteroatoms. The van der Waals surface area contributed by atoms with Crippen LogP contribution in [0.25, 0.3) is 10.8 Å². The highest BCUT2D eigenvalue weighted by Crippen LogP contribution is 2.24. The molecular formula is C22H30N2O7S. The monoisotopic (exact) mass is 466 g/mol. The molecule has 32 heavy (non-hydrogen) atoms. The molecule has 3 aromatic rings. The van der Waals surface area contributed by atoms with Crippen molar-refractivity contribution in [1.82, 2.24) is 5.48 Å². The third kappa shape index (κ3) is 13.0. The molecule has 7 N–H and O–H groups in total. The van der Waals surface area contributed by atoms with Crippen molar-refractivity contribution < 1.29 is 32.6 Å². The van der Waals surface area contributed by atoms with Gasteiger partial charge in [0.2, 0.25) is 5.91 Å². The van der Waals surface area contributed by atoms with Crippen LogP contribution in [0.4, 0.5) is 0 Å². The highest BCUT2D eigenvalue weighted by Gasteiger charge is 2.09. The summed E-state index contributed by atoms with van der Waals surface area (Å²) in [5.41, 5.74) is 9.09. The van der Waals surface area contributed by atoms with E-state index in [0.29, 0.717) is 0 Å². The highest BCUT2D eigenvalue weighted by molar-refractivity contribution is 7.79. The second-order valence-corrected chi connectivity index (χ2v) is 7.86. The first-order chi connectivity index (χ1) is 14.9. The molecule has 0 radical (unpaired) electrons. The molecule has 1 unspecified atom stereocenters. The third-order valence-electron chi connectivity index (χ3n) is 4.02. The first-order valence-electron chi connectivity index (χ1n) is 9.76. The van der Waals surface area contributed by atoms with Gasteiger partial charge < -0.3 is 15.1 Å². The van der Waals surface area contributed by atoms with E-state index in [4.69, 9.17) is 32.6 Å². The van der Waals surface area contributed by atoms with Crippen molar-refractivity contribution in [3.8, 4) is 5.75 Å². The number of benzene rings is 3. The number of hydrogen-bond acceptors (Lipinski definition) is 7. The molecule has 0 aliphatic rings. The smallest absolute Gasteiger partial charge is 0.394 e. The van der Waals surface area contributed by atoms with Gasteiger partial charge in [-0.15, -0.1) is 0 Å². The van der Waals surface area contributed by atoms with Crippen LogP contribution in [0.15, 0.2) is 72.8 Å². The van der Waals surface area contributed by atoms with E-state index in [9.17, 15) is 0 Å². The van der Waals surface area contributed by atoms with E-state index in [1.165, 1.54) is 10.9 Å². The van der Waals surface area contributed by atoms with Crippen LogP contribution in [0.5, 0.6) is 5.75 Å². The van der Waals surface area contributed by atoms with Gasteiger partial charge in [0.1, 0.15) is 0 Å². The van der Waals surface area contributed by atoms with Crippen molar-refractivity contribution in [3.63, 3.8) is 0 Å². The average molecular weight is 467 g/mol. The summed E-state index contributed by atoms with van der Waals surface area (Å²) in [4.78, 5) is 5.80. The SMILES string of the molecule is CC(Cc1ccccc1)NOc1cccc2ccccc12.CCC(N)(O)O.O=S(=O)(O)O. The second-order valence-electron chi connectivity index (χ2n) is 6.97. The van der Waals surface area contributed by atoms with Crippen LogP contribution < -0.4 is 16.1 Å². The van der Waals surface area contributed by atoms with Crippen LogP contribution in [0.3, 0.4) is 0 Å². The lowest BCUT2D eigenvalue weighted by Gasteiger charge is -2.15. The standard InChI is InChI=1S/C19H19NO.C3H9NO2.H2O4S/c1-15(14-16-8-3-2-4-9-16)20-21-19-13-7-11-17-10-5-6-12-18(17)19;1-2-3(4,5)6;1-5(2,3)4/h2-13,15,20H,14H2,1H3;5-6H,2,4H2,1H3;(H2,1,2,3,4). The summed E-state index contributed by atoms with van der Waals surface area (Å²) in [6.07, 6.45) is 1.10. The largest absolute Gasteiger partial charge is 0.408 e. The Labute approximate surface area is 188 Å². The highest BCUT2D eigenvalue weighted by atomic mass is 32.3. The van der Waals surface area contributed by atoms with Crippen molar-refractivity contribution in [2.45, 2.75) is 38.6 Å². The Bertz CT molecular complexity index is 1030. The molecule has 0 aliphatic heterocycles. The fourth-order valence-electron chi connectivity index (χ4n) is 2.46. The maximum atomic E-state index is 8.74. The first kappa shape index (κ1) is 27.5. The van der Waals surface area contributed by atoms with Gasteiger partial charge in [-0.1, -0.05) is 73.7 Å². The van der Waals surface area contributed by atoms with Crippen molar-refractivity contribution in [3.05, 3.63) is 78.4 Å². The van der Waals surface area contributed by atoms with Crippen LogP contribution in [0.2, 0.25) is 0 Å². The number of fused-ring (bicyclic) bond motifs is 1. The average Bonchev–Trinajstić information content (AvgIpc) is 2.72. The lowest BCUT2D eigenvalue weighted by atomic mass is 10.1. The summed E-state index contributed by atoms with van der Waals surface area (Å²) in [5.74, 6) is -1.09. The molecule has 3 rings (SSSR count). The molecule has 0 saturated heterocycles. The van der Waals surface area contributed by atoms with E-state index in [1.807, 2.05) is 30.3 Å². The Kier molecular flexibility index (Phi) is 11.2. The van der Waals surface area contributed by atoms with E-state index in [2.05, 4.69) is 60.6 Å². The molecular weight excluding hydrogens is 436 g/mol. The Morgan fingerprint density at radius 2 is 1.47 bits per heavy atom. The van der Waals surface area contributed by atoms with Crippen molar-refractivity contribution in [2.24, 2.45) is 5.73 Å². The molecule has 0 spiro atoms. The zero-order valence-corrected chi connectivity index (χ0v) is 18.7. The fraction of sp³-hybridized carbons (Fsp3) is 0.273. The minimum atomic E-state index is -4.67. The van der Waals surface area contributed by atoms with Gasteiger partial charge in [-0.05, 0) is 30.4 Å². The number of rotatable bonds is 6. The topological polar surface area (TPSA) is 162 Å². The Balaban J connectivity index is 0.000000389. The Morgan fingerprint density at radius 3 is 2.03 bits per heavy atom. The zero-order chi connectivity index (χ0) is 24.2. The molecule has 0 amide bonds. The number of nitrogens with two attached hydrogens (primary N) is 1. The number of aliphatic hydroxyl groups is 2. The minimum absolute atomic E-state index is 0.160. The molecule has 9 nitrogen and oxygen atoms in total. The van der Waals surface area contributed by atoms with Crippen LogP contribution in [0, 0.1) is 0 Å². The van der Waals surface area contributed by atoms with Gasteiger partial charge in [0, 0.05) is 17.8 Å². The van der Waals surface area contributed by atoms with E-state index in [0.717, 1.165) is 17.6 Å². The molecule has 176 valence electrons. The van der Waals surface area contributed by atoms with Crippen LogP contribution in [-0.4, -0.2) is 39.7 Å². The van der Waals surface area contributed by atoms with Crippen molar-refractivity contribution >= 4 is 21.2 Å². The number of nitrogens with one attached hydrogen (secondary N) is 1. The predicted octanol–water partition coefficient (Wildman–Crippen LogP) is 2.70. The Morgan fingerprint density at radius 1 is 0.969 bits per heavy atom. The van der Waals surface area contributed by atoms with Gasteiger partial charge in [-0.3, -0.25) is 14.8 Å². The predicted molar refractivity (Wildman–Crippen MR) is 123 cm³/mol. The van der Waals surface area contributed by atoms with Gasteiger partial charge in [0.25, 0.3) is 0 Å². The summed E-state index contributed by atoms with van der Waals surface area (Å²) in [5, 5.41) is 18.6.